The Balaban J connectivity index is 0.00000200. The molecule has 20 heavy (non-hydrogen) atoms. The largest absolute Gasteiger partial charge is 1.00 e. The molecule has 5 heteroatoms. The van der Waals surface area contributed by atoms with Gasteiger partial charge < -0.3 is 17.7 Å². The van der Waals surface area contributed by atoms with Crippen LogP contribution in [0, 0.1) is 12.8 Å². The Morgan fingerprint density at radius 1 is 1.30 bits per heavy atom. The van der Waals surface area contributed by atoms with Gasteiger partial charge in [0.25, 0.3) is 0 Å². The molecular formula is C15H18ClN2OS-. The molecule has 1 heterocycles. The number of amides is 1. The van der Waals surface area contributed by atoms with Crippen molar-refractivity contribution in [3.8, 4) is 11.3 Å². The lowest BCUT2D eigenvalue weighted by Gasteiger charge is -2.07. The number of rotatable bonds is 4. The van der Waals surface area contributed by atoms with Gasteiger partial charge in [-0.15, -0.1) is 11.3 Å². The van der Waals surface area contributed by atoms with Gasteiger partial charge in [-0.05, 0) is 25.0 Å². The Hall–Kier alpha value is -1.39. The molecule has 0 aliphatic heterocycles. The highest BCUT2D eigenvalue weighted by molar-refractivity contribution is 7.09. The fourth-order valence-corrected chi connectivity index (χ4v) is 2.43. The zero-order valence-corrected chi connectivity index (χ0v) is 13.4. The SMILES string of the molecule is Cc1nc(-c2ccc(NC(=O)CC(C)C)cc2)cs1.[Cl-]. The summed E-state index contributed by atoms with van der Waals surface area (Å²) in [7, 11) is 0. The Morgan fingerprint density at radius 2 is 1.95 bits per heavy atom. The molecule has 0 radical (unpaired) electrons. The summed E-state index contributed by atoms with van der Waals surface area (Å²) in [5, 5.41) is 6.00. The lowest BCUT2D eigenvalue weighted by atomic mass is 10.1. The number of carbonyl (C=O) groups excluding carboxylic acids is 1. The highest BCUT2D eigenvalue weighted by Gasteiger charge is 2.06. The first-order valence-corrected chi connectivity index (χ1v) is 7.25. The third-order valence-electron chi connectivity index (χ3n) is 2.68. The molecule has 3 nitrogen and oxygen atoms in total. The maximum absolute atomic E-state index is 11.7. The van der Waals surface area contributed by atoms with Gasteiger partial charge in [0, 0.05) is 23.1 Å². The average molecular weight is 310 g/mol. The normalized spacial score (nSPS) is 10.2. The standard InChI is InChI=1S/C15H18N2OS.ClH/c1-10(2)8-15(18)17-13-6-4-12(5-7-13)14-9-19-11(3)16-14;/h4-7,9-10H,8H2,1-3H3,(H,17,18);1H/p-1. The molecule has 1 N–H and O–H groups in total. The summed E-state index contributed by atoms with van der Waals surface area (Å²) >= 11 is 1.64. The molecule has 2 rings (SSSR count). The molecule has 1 aromatic heterocycles. The number of aromatic nitrogens is 1. The molecule has 0 spiro atoms. The third-order valence-corrected chi connectivity index (χ3v) is 3.45. The van der Waals surface area contributed by atoms with E-state index in [0.717, 1.165) is 22.0 Å². The van der Waals surface area contributed by atoms with Crippen molar-refractivity contribution in [2.24, 2.45) is 5.92 Å². The smallest absolute Gasteiger partial charge is 0.224 e. The van der Waals surface area contributed by atoms with Crippen LogP contribution in [0.5, 0.6) is 0 Å². The minimum atomic E-state index is 0. The minimum absolute atomic E-state index is 0. The fraction of sp³-hybridized carbons (Fsp3) is 0.333. The summed E-state index contributed by atoms with van der Waals surface area (Å²) in [5.74, 6) is 0.435. The van der Waals surface area contributed by atoms with Crippen LogP contribution in [0.3, 0.4) is 0 Å². The molecule has 0 saturated heterocycles. The predicted molar refractivity (Wildman–Crippen MR) is 80.4 cm³/mol. The van der Waals surface area contributed by atoms with Crippen LogP contribution in [-0.2, 0) is 4.79 Å². The van der Waals surface area contributed by atoms with Gasteiger partial charge in [0.15, 0.2) is 0 Å². The second kappa shape index (κ2) is 7.41. The van der Waals surface area contributed by atoms with E-state index in [1.54, 1.807) is 11.3 Å². The Bertz CT molecular complexity index is 564. The average Bonchev–Trinajstić information content (AvgIpc) is 2.75. The van der Waals surface area contributed by atoms with E-state index in [1.165, 1.54) is 0 Å². The minimum Gasteiger partial charge on any atom is -1.00 e. The van der Waals surface area contributed by atoms with E-state index >= 15 is 0 Å². The summed E-state index contributed by atoms with van der Waals surface area (Å²) in [5.41, 5.74) is 2.90. The molecule has 2 aromatic rings. The van der Waals surface area contributed by atoms with Gasteiger partial charge in [-0.25, -0.2) is 4.98 Å². The van der Waals surface area contributed by atoms with Crippen LogP contribution in [-0.4, -0.2) is 10.9 Å². The van der Waals surface area contributed by atoms with Gasteiger partial charge in [0.2, 0.25) is 5.91 Å². The number of aryl methyl sites for hydroxylation is 1. The molecule has 0 saturated carbocycles. The zero-order valence-electron chi connectivity index (χ0n) is 11.8. The Morgan fingerprint density at radius 3 is 2.45 bits per heavy atom. The van der Waals surface area contributed by atoms with E-state index in [-0.39, 0.29) is 18.3 Å². The number of hydrogen-bond acceptors (Lipinski definition) is 3. The lowest BCUT2D eigenvalue weighted by Crippen LogP contribution is -3.00. The topological polar surface area (TPSA) is 42.0 Å². The quantitative estimate of drug-likeness (QED) is 0.919. The molecule has 0 aliphatic carbocycles. The maximum atomic E-state index is 11.7. The summed E-state index contributed by atoms with van der Waals surface area (Å²) < 4.78 is 0. The Kier molecular flexibility index (Phi) is 6.17. The maximum Gasteiger partial charge on any atom is 0.224 e. The summed E-state index contributed by atoms with van der Waals surface area (Å²) in [6.45, 7) is 6.06. The van der Waals surface area contributed by atoms with E-state index in [1.807, 2.05) is 50.4 Å². The second-order valence-corrected chi connectivity index (χ2v) is 6.04. The number of nitrogens with zero attached hydrogens (tertiary/aromatic N) is 1. The van der Waals surface area contributed by atoms with Gasteiger partial charge in [-0.3, -0.25) is 4.79 Å². The number of anilines is 1. The molecule has 1 amide bonds. The van der Waals surface area contributed by atoms with Crippen molar-refractivity contribution in [2.75, 3.05) is 5.32 Å². The van der Waals surface area contributed by atoms with Crippen molar-refractivity contribution < 1.29 is 17.2 Å². The van der Waals surface area contributed by atoms with Crippen LogP contribution >= 0.6 is 11.3 Å². The van der Waals surface area contributed by atoms with Crippen molar-refractivity contribution in [1.82, 2.24) is 4.98 Å². The van der Waals surface area contributed by atoms with Crippen LogP contribution in [0.2, 0.25) is 0 Å². The number of hydrogen-bond donors (Lipinski definition) is 1. The number of thiazole rings is 1. The molecule has 0 atom stereocenters. The second-order valence-electron chi connectivity index (χ2n) is 4.98. The summed E-state index contributed by atoms with van der Waals surface area (Å²) in [6, 6.07) is 7.81. The zero-order chi connectivity index (χ0) is 13.8. The molecular weight excluding hydrogens is 292 g/mol. The highest BCUT2D eigenvalue weighted by Crippen LogP contribution is 2.23. The third kappa shape index (κ3) is 4.62. The van der Waals surface area contributed by atoms with Crippen molar-refractivity contribution in [3.05, 3.63) is 34.7 Å². The van der Waals surface area contributed by atoms with Crippen LogP contribution in [0.1, 0.15) is 25.3 Å². The highest BCUT2D eigenvalue weighted by atomic mass is 35.5. The van der Waals surface area contributed by atoms with Crippen LogP contribution < -0.4 is 17.7 Å². The van der Waals surface area contributed by atoms with E-state index in [4.69, 9.17) is 0 Å². The van der Waals surface area contributed by atoms with E-state index < -0.39 is 0 Å². The monoisotopic (exact) mass is 309 g/mol. The van der Waals surface area contributed by atoms with Crippen molar-refractivity contribution in [3.63, 3.8) is 0 Å². The fourth-order valence-electron chi connectivity index (χ4n) is 1.80. The first-order chi connectivity index (χ1) is 9.04. The first kappa shape index (κ1) is 16.7. The number of benzene rings is 1. The summed E-state index contributed by atoms with van der Waals surface area (Å²) in [6.07, 6.45) is 0.549. The van der Waals surface area contributed by atoms with Gasteiger partial charge >= 0.3 is 0 Å². The van der Waals surface area contributed by atoms with Gasteiger partial charge in [-0.2, -0.15) is 0 Å². The molecule has 0 fully saturated rings. The van der Waals surface area contributed by atoms with Crippen molar-refractivity contribution >= 4 is 22.9 Å². The van der Waals surface area contributed by atoms with Gasteiger partial charge in [0.1, 0.15) is 0 Å². The van der Waals surface area contributed by atoms with E-state index in [2.05, 4.69) is 10.3 Å². The van der Waals surface area contributed by atoms with Crippen LogP contribution in [0.4, 0.5) is 5.69 Å². The molecule has 0 bridgehead atoms. The molecule has 0 aliphatic rings. The molecule has 1 aromatic carbocycles. The molecule has 0 unspecified atom stereocenters. The van der Waals surface area contributed by atoms with Crippen molar-refractivity contribution in [2.45, 2.75) is 27.2 Å². The predicted octanol–water partition coefficient (Wildman–Crippen LogP) is 1.11. The lowest BCUT2D eigenvalue weighted by molar-refractivity contribution is -0.116. The van der Waals surface area contributed by atoms with Crippen molar-refractivity contribution in [1.29, 1.82) is 0 Å². The van der Waals surface area contributed by atoms with E-state index in [0.29, 0.717) is 12.3 Å². The molecule has 108 valence electrons. The number of halogens is 1. The van der Waals surface area contributed by atoms with Gasteiger partial charge in [-0.1, -0.05) is 26.0 Å². The van der Waals surface area contributed by atoms with Crippen LogP contribution in [0.15, 0.2) is 29.6 Å². The number of carbonyl (C=O) groups is 1. The summed E-state index contributed by atoms with van der Waals surface area (Å²) in [4.78, 5) is 16.1. The van der Waals surface area contributed by atoms with Crippen LogP contribution in [0.25, 0.3) is 11.3 Å². The first-order valence-electron chi connectivity index (χ1n) is 6.37. The van der Waals surface area contributed by atoms with Gasteiger partial charge in [0.05, 0.1) is 10.7 Å². The Labute approximate surface area is 129 Å². The number of nitrogens with one attached hydrogen (secondary N) is 1. The van der Waals surface area contributed by atoms with E-state index in [9.17, 15) is 4.79 Å².